The summed E-state index contributed by atoms with van der Waals surface area (Å²) in [6.07, 6.45) is 3.30. The van der Waals surface area contributed by atoms with Crippen molar-refractivity contribution in [2.75, 3.05) is 19.0 Å². The molecule has 0 aliphatic carbocycles. The minimum absolute atomic E-state index is 0.0789. The fourth-order valence-electron chi connectivity index (χ4n) is 2.39. The maximum absolute atomic E-state index is 12.3. The van der Waals surface area contributed by atoms with E-state index in [0.29, 0.717) is 13.2 Å². The van der Waals surface area contributed by atoms with Gasteiger partial charge in [-0.25, -0.2) is 0 Å². The van der Waals surface area contributed by atoms with Crippen LogP contribution < -0.4 is 10.1 Å². The van der Waals surface area contributed by atoms with Crippen LogP contribution in [0.3, 0.4) is 0 Å². The molecule has 0 bridgehead atoms. The monoisotopic (exact) mass is 352 g/mol. The maximum atomic E-state index is 12.3. The molecule has 5 heteroatoms. The fraction of sp³-hybridized carbons (Fsp3) is 0.238. The molecule has 0 aliphatic heterocycles. The van der Waals surface area contributed by atoms with E-state index in [4.69, 9.17) is 4.74 Å². The van der Waals surface area contributed by atoms with Crippen molar-refractivity contribution in [1.29, 1.82) is 0 Å². The van der Waals surface area contributed by atoms with E-state index in [-0.39, 0.29) is 11.8 Å². The van der Waals surface area contributed by atoms with Crippen LogP contribution in [0.5, 0.6) is 5.75 Å². The lowest BCUT2D eigenvalue weighted by Crippen LogP contribution is -2.24. The van der Waals surface area contributed by atoms with Gasteiger partial charge in [0.25, 0.3) is 0 Å². The van der Waals surface area contributed by atoms with Crippen LogP contribution in [0.4, 0.5) is 5.69 Å². The van der Waals surface area contributed by atoms with Gasteiger partial charge in [0.2, 0.25) is 11.8 Å². The zero-order chi connectivity index (χ0) is 18.9. The Kier molecular flexibility index (Phi) is 6.97. The van der Waals surface area contributed by atoms with Gasteiger partial charge in [0.1, 0.15) is 5.75 Å². The van der Waals surface area contributed by atoms with Gasteiger partial charge in [-0.3, -0.25) is 9.59 Å². The topological polar surface area (TPSA) is 58.6 Å². The Morgan fingerprint density at radius 1 is 1.08 bits per heavy atom. The van der Waals surface area contributed by atoms with Crippen molar-refractivity contribution in [2.45, 2.75) is 20.4 Å². The molecule has 0 atom stereocenters. The van der Waals surface area contributed by atoms with Crippen molar-refractivity contribution in [2.24, 2.45) is 0 Å². The first-order valence-electron chi connectivity index (χ1n) is 8.50. The number of anilines is 1. The molecule has 0 fully saturated rings. The first kappa shape index (κ1) is 19.2. The number of amides is 2. The zero-order valence-electron chi connectivity index (χ0n) is 15.4. The average Bonchev–Trinajstić information content (AvgIpc) is 2.62. The van der Waals surface area contributed by atoms with Crippen molar-refractivity contribution in [3.8, 4) is 5.75 Å². The van der Waals surface area contributed by atoms with Crippen molar-refractivity contribution < 1.29 is 14.3 Å². The van der Waals surface area contributed by atoms with E-state index < -0.39 is 0 Å². The molecule has 0 saturated carbocycles. The van der Waals surface area contributed by atoms with Gasteiger partial charge in [0.15, 0.2) is 0 Å². The molecular weight excluding hydrogens is 328 g/mol. The molecule has 2 amide bonds. The highest BCUT2D eigenvalue weighted by Crippen LogP contribution is 2.14. The lowest BCUT2D eigenvalue weighted by molar-refractivity contribution is -0.125. The van der Waals surface area contributed by atoms with E-state index in [0.717, 1.165) is 22.6 Å². The Labute approximate surface area is 154 Å². The van der Waals surface area contributed by atoms with Crippen molar-refractivity contribution >= 4 is 23.6 Å². The van der Waals surface area contributed by atoms with Crippen molar-refractivity contribution in [3.63, 3.8) is 0 Å². The zero-order valence-corrected chi connectivity index (χ0v) is 15.4. The normalized spacial score (nSPS) is 10.6. The maximum Gasteiger partial charge on any atom is 0.246 e. The molecule has 2 rings (SSSR count). The first-order valence-corrected chi connectivity index (χ1v) is 8.50. The molecule has 1 N–H and O–H groups in total. The Hall–Kier alpha value is -3.08. The van der Waals surface area contributed by atoms with Crippen LogP contribution in [-0.4, -0.2) is 30.4 Å². The highest BCUT2D eigenvalue weighted by atomic mass is 16.5. The highest BCUT2D eigenvalue weighted by Gasteiger charge is 2.06. The molecule has 136 valence electrons. The second kappa shape index (κ2) is 9.42. The van der Waals surface area contributed by atoms with Crippen LogP contribution in [0.25, 0.3) is 6.08 Å². The van der Waals surface area contributed by atoms with Crippen LogP contribution >= 0.6 is 0 Å². The molecule has 26 heavy (non-hydrogen) atoms. The number of likely N-dealkylation sites (N-methyl/N-ethyl adjacent to an activating group) is 1. The number of hydrogen-bond donors (Lipinski definition) is 1. The average molecular weight is 352 g/mol. The van der Waals surface area contributed by atoms with Gasteiger partial charge < -0.3 is 15.0 Å². The van der Waals surface area contributed by atoms with Crippen molar-refractivity contribution in [3.05, 3.63) is 65.7 Å². The predicted molar refractivity (Wildman–Crippen MR) is 104 cm³/mol. The van der Waals surface area contributed by atoms with Gasteiger partial charge in [0.05, 0.1) is 6.61 Å². The number of rotatable bonds is 7. The molecule has 0 radical (unpaired) electrons. The Morgan fingerprint density at radius 2 is 1.73 bits per heavy atom. The molecule has 0 heterocycles. The quantitative estimate of drug-likeness (QED) is 0.773. The van der Waals surface area contributed by atoms with Crippen LogP contribution in [0.15, 0.2) is 54.6 Å². The van der Waals surface area contributed by atoms with Crippen LogP contribution in [0.1, 0.15) is 25.0 Å². The summed E-state index contributed by atoms with van der Waals surface area (Å²) in [5.74, 6) is 0.636. The van der Waals surface area contributed by atoms with E-state index in [1.807, 2.05) is 43.3 Å². The van der Waals surface area contributed by atoms with Crippen LogP contribution in [-0.2, 0) is 16.1 Å². The third-order valence-electron chi connectivity index (χ3n) is 3.68. The number of nitrogens with zero attached hydrogens (tertiary/aromatic N) is 1. The summed E-state index contributed by atoms with van der Waals surface area (Å²) in [5, 5.41) is 2.71. The minimum Gasteiger partial charge on any atom is -0.494 e. The van der Waals surface area contributed by atoms with Crippen molar-refractivity contribution in [1.82, 2.24) is 4.90 Å². The summed E-state index contributed by atoms with van der Waals surface area (Å²) in [4.78, 5) is 24.9. The van der Waals surface area contributed by atoms with Gasteiger partial charge in [-0.1, -0.05) is 24.3 Å². The first-order chi connectivity index (χ1) is 12.5. The number of hydrogen-bond acceptors (Lipinski definition) is 3. The van der Waals surface area contributed by atoms with E-state index in [1.165, 1.54) is 6.92 Å². The molecule has 0 aliphatic rings. The van der Waals surface area contributed by atoms with Gasteiger partial charge in [-0.05, 0) is 48.4 Å². The summed E-state index contributed by atoms with van der Waals surface area (Å²) in [6, 6.07) is 15.0. The second-order valence-corrected chi connectivity index (χ2v) is 5.91. The summed E-state index contributed by atoms with van der Waals surface area (Å²) in [7, 11) is 1.77. The number of carbonyl (C=O) groups excluding carboxylic acids is 2. The molecule has 2 aromatic rings. The third-order valence-corrected chi connectivity index (χ3v) is 3.68. The smallest absolute Gasteiger partial charge is 0.246 e. The molecule has 0 unspecified atom stereocenters. The molecule has 0 spiro atoms. The molecule has 2 aromatic carbocycles. The number of nitrogens with one attached hydrogen (secondary N) is 1. The summed E-state index contributed by atoms with van der Waals surface area (Å²) >= 11 is 0. The van der Waals surface area contributed by atoms with E-state index in [1.54, 1.807) is 36.2 Å². The SMILES string of the molecule is CCOc1ccc(CN(C)C(=O)/C=C/c2ccc(NC(C)=O)cc2)cc1. The van der Waals surface area contributed by atoms with Gasteiger partial charge in [-0.15, -0.1) is 0 Å². The summed E-state index contributed by atoms with van der Waals surface area (Å²) in [5.41, 5.74) is 2.66. The Morgan fingerprint density at radius 3 is 2.31 bits per heavy atom. The van der Waals surface area contributed by atoms with E-state index in [9.17, 15) is 9.59 Å². The van der Waals surface area contributed by atoms with Gasteiger partial charge in [-0.2, -0.15) is 0 Å². The van der Waals surface area contributed by atoms with E-state index in [2.05, 4.69) is 5.32 Å². The molecular formula is C21H24N2O3. The fourth-order valence-corrected chi connectivity index (χ4v) is 2.39. The molecule has 5 nitrogen and oxygen atoms in total. The van der Waals surface area contributed by atoms with Gasteiger partial charge >= 0.3 is 0 Å². The van der Waals surface area contributed by atoms with Crippen LogP contribution in [0, 0.1) is 0 Å². The second-order valence-electron chi connectivity index (χ2n) is 5.91. The lowest BCUT2D eigenvalue weighted by atomic mass is 10.2. The largest absolute Gasteiger partial charge is 0.494 e. The lowest BCUT2D eigenvalue weighted by Gasteiger charge is -2.15. The Balaban J connectivity index is 1.91. The van der Waals surface area contributed by atoms with E-state index >= 15 is 0 Å². The standard InChI is InChI=1S/C21H24N2O3/c1-4-26-20-12-7-18(8-13-20)15-23(3)21(25)14-9-17-5-10-19(11-6-17)22-16(2)24/h5-14H,4,15H2,1-3H3,(H,22,24)/b14-9+. The predicted octanol–water partition coefficient (Wildman–Crippen LogP) is 3.72. The Bertz CT molecular complexity index is 765. The number of carbonyl (C=O) groups is 2. The molecule has 0 saturated heterocycles. The summed E-state index contributed by atoms with van der Waals surface area (Å²) < 4.78 is 5.42. The summed E-state index contributed by atoms with van der Waals surface area (Å²) in [6.45, 7) is 4.57. The molecule has 0 aromatic heterocycles. The van der Waals surface area contributed by atoms with Gasteiger partial charge in [0, 0.05) is 32.3 Å². The third kappa shape index (κ3) is 6.09. The number of ether oxygens (including phenoxy) is 1. The minimum atomic E-state index is -0.112. The van der Waals surface area contributed by atoms with Crippen LogP contribution in [0.2, 0.25) is 0 Å². The highest BCUT2D eigenvalue weighted by molar-refractivity contribution is 5.92. The number of benzene rings is 2.